The first-order chi connectivity index (χ1) is 9.02. The molecule has 0 unspecified atom stereocenters. The van der Waals surface area contributed by atoms with E-state index in [9.17, 15) is 9.59 Å². The van der Waals surface area contributed by atoms with Gasteiger partial charge < -0.3 is 15.2 Å². The predicted octanol–water partition coefficient (Wildman–Crippen LogP) is 1.35. The number of esters is 1. The Morgan fingerprint density at radius 3 is 2.53 bits per heavy atom. The van der Waals surface area contributed by atoms with Crippen LogP contribution in [0.5, 0.6) is 0 Å². The summed E-state index contributed by atoms with van der Waals surface area (Å²) in [6.07, 6.45) is 1.56. The average Bonchev–Trinajstić information content (AvgIpc) is 2.38. The van der Waals surface area contributed by atoms with Crippen molar-refractivity contribution in [1.29, 1.82) is 0 Å². The van der Waals surface area contributed by atoms with Gasteiger partial charge in [-0.3, -0.25) is 0 Å². The minimum absolute atomic E-state index is 0.336. The summed E-state index contributed by atoms with van der Waals surface area (Å²) in [5.74, 6) is -1.49. The SMILES string of the molecule is COC(=O)C=C(C)N[C@H](Cc1ccccc1)C(=O)O. The molecule has 19 heavy (non-hydrogen) atoms. The lowest BCUT2D eigenvalue weighted by Gasteiger charge is -2.16. The highest BCUT2D eigenvalue weighted by molar-refractivity contribution is 5.82. The fourth-order valence-electron chi connectivity index (χ4n) is 1.60. The van der Waals surface area contributed by atoms with E-state index in [1.807, 2.05) is 30.3 Å². The Bertz CT molecular complexity index is 468. The van der Waals surface area contributed by atoms with Crippen LogP contribution in [0.25, 0.3) is 0 Å². The van der Waals surface area contributed by atoms with Crippen molar-refractivity contribution < 1.29 is 19.4 Å². The Morgan fingerprint density at radius 2 is 2.00 bits per heavy atom. The number of aliphatic carboxylic acids is 1. The highest BCUT2D eigenvalue weighted by Gasteiger charge is 2.17. The van der Waals surface area contributed by atoms with Gasteiger partial charge in [0, 0.05) is 18.2 Å². The van der Waals surface area contributed by atoms with E-state index in [4.69, 9.17) is 5.11 Å². The molecule has 0 fully saturated rings. The van der Waals surface area contributed by atoms with Crippen molar-refractivity contribution >= 4 is 11.9 Å². The second-order valence-corrected chi connectivity index (χ2v) is 4.08. The monoisotopic (exact) mass is 263 g/mol. The molecule has 0 amide bonds. The number of carbonyl (C=O) groups excluding carboxylic acids is 1. The Labute approximate surface area is 111 Å². The van der Waals surface area contributed by atoms with Gasteiger partial charge in [0.15, 0.2) is 0 Å². The Kier molecular flexibility index (Phi) is 5.60. The van der Waals surface area contributed by atoms with Crippen LogP contribution in [0.1, 0.15) is 12.5 Å². The van der Waals surface area contributed by atoms with Crippen LogP contribution in [0, 0.1) is 0 Å². The van der Waals surface area contributed by atoms with E-state index < -0.39 is 18.0 Å². The van der Waals surface area contributed by atoms with Crippen LogP contribution in [0.3, 0.4) is 0 Å². The molecule has 102 valence electrons. The van der Waals surface area contributed by atoms with Gasteiger partial charge in [0.25, 0.3) is 0 Å². The van der Waals surface area contributed by atoms with Crippen molar-refractivity contribution in [2.45, 2.75) is 19.4 Å². The van der Waals surface area contributed by atoms with E-state index in [1.165, 1.54) is 13.2 Å². The summed E-state index contributed by atoms with van der Waals surface area (Å²) in [4.78, 5) is 22.2. The molecule has 1 aromatic rings. The van der Waals surface area contributed by atoms with Crippen LogP contribution in [0.2, 0.25) is 0 Å². The van der Waals surface area contributed by atoms with Gasteiger partial charge in [-0.05, 0) is 12.5 Å². The number of hydrogen-bond donors (Lipinski definition) is 2. The molecule has 5 heteroatoms. The molecular weight excluding hydrogens is 246 g/mol. The number of ether oxygens (including phenoxy) is 1. The molecule has 0 bridgehead atoms. The number of methoxy groups -OCH3 is 1. The molecule has 0 aliphatic rings. The maximum Gasteiger partial charge on any atom is 0.332 e. The van der Waals surface area contributed by atoms with Crippen LogP contribution in [-0.4, -0.2) is 30.2 Å². The summed E-state index contributed by atoms with van der Waals surface area (Å²) in [6, 6.07) is 8.50. The summed E-state index contributed by atoms with van der Waals surface area (Å²) >= 11 is 0. The largest absolute Gasteiger partial charge is 0.480 e. The second kappa shape index (κ2) is 7.20. The molecule has 0 heterocycles. The van der Waals surface area contributed by atoms with Crippen molar-refractivity contribution in [3.8, 4) is 0 Å². The van der Waals surface area contributed by atoms with Gasteiger partial charge in [-0.15, -0.1) is 0 Å². The molecule has 0 saturated carbocycles. The van der Waals surface area contributed by atoms with Crippen LogP contribution < -0.4 is 5.32 Å². The first kappa shape index (κ1) is 14.8. The number of carboxylic acids is 1. The van der Waals surface area contributed by atoms with Gasteiger partial charge in [-0.2, -0.15) is 0 Å². The predicted molar refractivity (Wildman–Crippen MR) is 70.5 cm³/mol. The number of benzene rings is 1. The summed E-state index contributed by atoms with van der Waals surface area (Å²) in [5.41, 5.74) is 1.36. The fraction of sp³-hybridized carbons (Fsp3) is 0.286. The lowest BCUT2D eigenvalue weighted by atomic mass is 10.1. The van der Waals surface area contributed by atoms with Crippen LogP contribution >= 0.6 is 0 Å². The van der Waals surface area contributed by atoms with E-state index >= 15 is 0 Å². The van der Waals surface area contributed by atoms with E-state index in [0.717, 1.165) is 5.56 Å². The zero-order valence-electron chi connectivity index (χ0n) is 10.9. The van der Waals surface area contributed by atoms with E-state index in [2.05, 4.69) is 10.1 Å². The number of rotatable bonds is 6. The van der Waals surface area contributed by atoms with Crippen molar-refractivity contribution in [1.82, 2.24) is 5.32 Å². The Balaban J connectivity index is 2.71. The lowest BCUT2D eigenvalue weighted by Crippen LogP contribution is -2.37. The maximum absolute atomic E-state index is 11.2. The Hall–Kier alpha value is -2.30. The number of carboxylic acid groups (broad SMARTS) is 1. The standard InChI is InChI=1S/C14H17NO4/c1-10(8-13(16)19-2)15-12(14(17)18)9-11-6-4-3-5-7-11/h3-8,12,15H,9H2,1-2H3,(H,17,18)/t12-/m1/s1. The number of hydrogen-bond acceptors (Lipinski definition) is 4. The third kappa shape index (κ3) is 5.25. The lowest BCUT2D eigenvalue weighted by molar-refractivity contribution is -0.139. The summed E-state index contributed by atoms with van der Waals surface area (Å²) in [6.45, 7) is 1.62. The third-order valence-corrected chi connectivity index (χ3v) is 2.52. The Morgan fingerprint density at radius 1 is 1.37 bits per heavy atom. The van der Waals surface area contributed by atoms with E-state index in [0.29, 0.717) is 12.1 Å². The molecular formula is C14H17NO4. The minimum atomic E-state index is -0.971. The molecule has 0 radical (unpaired) electrons. The van der Waals surface area contributed by atoms with Gasteiger partial charge in [0.2, 0.25) is 0 Å². The molecule has 0 aliphatic carbocycles. The molecule has 0 saturated heterocycles. The van der Waals surface area contributed by atoms with Crippen molar-refractivity contribution in [3.05, 3.63) is 47.7 Å². The molecule has 0 aromatic heterocycles. The van der Waals surface area contributed by atoms with Gasteiger partial charge in [0.1, 0.15) is 6.04 Å². The molecule has 1 atom stereocenters. The molecule has 0 aliphatic heterocycles. The molecule has 0 spiro atoms. The summed E-state index contributed by atoms with van der Waals surface area (Å²) < 4.78 is 4.48. The number of carbonyl (C=O) groups is 2. The third-order valence-electron chi connectivity index (χ3n) is 2.52. The topological polar surface area (TPSA) is 75.6 Å². The summed E-state index contributed by atoms with van der Waals surface area (Å²) in [7, 11) is 1.27. The van der Waals surface area contributed by atoms with Crippen molar-refractivity contribution in [2.75, 3.05) is 7.11 Å². The second-order valence-electron chi connectivity index (χ2n) is 4.08. The van der Waals surface area contributed by atoms with Crippen molar-refractivity contribution in [3.63, 3.8) is 0 Å². The van der Waals surface area contributed by atoms with Gasteiger partial charge in [-0.25, -0.2) is 9.59 Å². The van der Waals surface area contributed by atoms with Gasteiger partial charge in [-0.1, -0.05) is 30.3 Å². The highest BCUT2D eigenvalue weighted by Crippen LogP contribution is 2.05. The maximum atomic E-state index is 11.2. The van der Waals surface area contributed by atoms with Crippen molar-refractivity contribution in [2.24, 2.45) is 0 Å². The smallest absolute Gasteiger partial charge is 0.332 e. The first-order valence-electron chi connectivity index (χ1n) is 5.82. The highest BCUT2D eigenvalue weighted by atomic mass is 16.5. The van der Waals surface area contributed by atoms with Gasteiger partial charge in [0.05, 0.1) is 7.11 Å². The van der Waals surface area contributed by atoms with E-state index in [-0.39, 0.29) is 0 Å². The number of nitrogens with one attached hydrogen (secondary N) is 1. The zero-order chi connectivity index (χ0) is 14.3. The molecule has 1 rings (SSSR count). The molecule has 2 N–H and O–H groups in total. The number of allylic oxidation sites excluding steroid dienone is 1. The van der Waals surface area contributed by atoms with Gasteiger partial charge >= 0.3 is 11.9 Å². The average molecular weight is 263 g/mol. The van der Waals surface area contributed by atoms with Crippen LogP contribution in [0.15, 0.2) is 42.1 Å². The fourth-order valence-corrected chi connectivity index (χ4v) is 1.60. The normalized spacial score (nSPS) is 12.6. The zero-order valence-corrected chi connectivity index (χ0v) is 10.9. The first-order valence-corrected chi connectivity index (χ1v) is 5.82. The summed E-state index contributed by atoms with van der Waals surface area (Å²) in [5, 5.41) is 12.0. The quantitative estimate of drug-likeness (QED) is 0.598. The van der Waals surface area contributed by atoms with Crippen LogP contribution in [-0.2, 0) is 20.7 Å². The van der Waals surface area contributed by atoms with Crippen LogP contribution in [0.4, 0.5) is 0 Å². The minimum Gasteiger partial charge on any atom is -0.480 e. The van der Waals surface area contributed by atoms with E-state index in [1.54, 1.807) is 6.92 Å². The molecule has 5 nitrogen and oxygen atoms in total. The molecule has 1 aromatic carbocycles.